The molecule has 1 amide bonds. The van der Waals surface area contributed by atoms with Crippen LogP contribution in [0.2, 0.25) is 0 Å². The van der Waals surface area contributed by atoms with E-state index in [0.717, 1.165) is 35.3 Å². The second kappa shape index (κ2) is 11.4. The third-order valence-electron chi connectivity index (χ3n) is 8.62. The van der Waals surface area contributed by atoms with Gasteiger partial charge in [-0.25, -0.2) is 15.0 Å². The van der Waals surface area contributed by atoms with Crippen molar-refractivity contribution in [1.29, 1.82) is 0 Å². The average Bonchev–Trinajstić information content (AvgIpc) is 3.21. The zero-order valence-electron chi connectivity index (χ0n) is 23.6. The van der Waals surface area contributed by atoms with Crippen LogP contribution in [0.15, 0.2) is 18.3 Å². The Labute approximate surface area is 226 Å². The van der Waals surface area contributed by atoms with Crippen LogP contribution in [-0.2, 0) is 17.9 Å². The first kappa shape index (κ1) is 26.6. The second-order valence-corrected chi connectivity index (χ2v) is 12.0. The van der Waals surface area contributed by atoms with Crippen LogP contribution in [0.3, 0.4) is 0 Å². The van der Waals surface area contributed by atoms with Crippen LogP contribution in [0.1, 0.15) is 96.9 Å². The number of hydrogen-bond acceptors (Lipinski definition) is 6. The highest BCUT2D eigenvalue weighted by molar-refractivity contribution is 5.87. The van der Waals surface area contributed by atoms with Gasteiger partial charge in [0.2, 0.25) is 5.91 Å². The monoisotopic (exact) mass is 517 g/mol. The molecule has 3 heterocycles. The van der Waals surface area contributed by atoms with Gasteiger partial charge in [-0.2, -0.15) is 0 Å². The molecule has 8 heteroatoms. The van der Waals surface area contributed by atoms with Gasteiger partial charge in [0.15, 0.2) is 23.1 Å². The number of aromatic nitrogens is 5. The summed E-state index contributed by atoms with van der Waals surface area (Å²) in [5.41, 5.74) is 3.74. The molecule has 204 valence electrons. The molecule has 1 atom stereocenters. The van der Waals surface area contributed by atoms with E-state index < -0.39 is 0 Å². The third kappa shape index (κ3) is 5.84. The maximum atomic E-state index is 11.6. The number of carbonyl (C=O) groups excluding carboxylic acids is 1. The standard InChI is InChI=1S/C30H43N7O/c1-18(2)24-13-14-31-25(15-24)30-36-29-27(37(30)17-22-11-9-19(3)10-12-22)28(33-20(4)23-7-6-8-23)34-26(35-29)16-32-21(5)38/h13-15,18-20,22-23H,6-12,16-17H2,1-5H3,(H,32,38)(H,33,34,35)/t19-,20-,22-/m1/s1. The SMILES string of the molecule is CC(=O)NCc1nc(N[C@H](C)C2CCC2)c2c(n1)nc(-c1cc(C(C)C)ccn1)n2C[C@H]1CC[C@H](C)CC1. The van der Waals surface area contributed by atoms with Crippen molar-refractivity contribution in [1.82, 2.24) is 29.8 Å². The molecule has 2 saturated carbocycles. The first-order valence-corrected chi connectivity index (χ1v) is 14.5. The molecule has 3 aromatic heterocycles. The number of imidazole rings is 1. The van der Waals surface area contributed by atoms with Gasteiger partial charge in [0.05, 0.1) is 6.54 Å². The highest BCUT2D eigenvalue weighted by atomic mass is 16.1. The molecule has 0 spiro atoms. The number of nitrogens with zero attached hydrogens (tertiary/aromatic N) is 5. The minimum atomic E-state index is -0.0986. The van der Waals surface area contributed by atoms with Crippen molar-refractivity contribution in [3.05, 3.63) is 29.7 Å². The Bertz CT molecular complexity index is 1270. The summed E-state index contributed by atoms with van der Waals surface area (Å²) in [5.74, 6) is 4.59. The number of pyridine rings is 1. The van der Waals surface area contributed by atoms with Crippen molar-refractivity contribution in [3.8, 4) is 11.5 Å². The van der Waals surface area contributed by atoms with Gasteiger partial charge in [0.1, 0.15) is 11.2 Å². The summed E-state index contributed by atoms with van der Waals surface area (Å²) in [6, 6.07) is 4.56. The lowest BCUT2D eigenvalue weighted by Crippen LogP contribution is -2.31. The van der Waals surface area contributed by atoms with Gasteiger partial charge >= 0.3 is 0 Å². The van der Waals surface area contributed by atoms with E-state index in [0.29, 0.717) is 35.3 Å². The lowest BCUT2D eigenvalue weighted by Gasteiger charge is -2.32. The quantitative estimate of drug-likeness (QED) is 0.357. The molecule has 2 aliphatic carbocycles. The molecule has 8 nitrogen and oxygen atoms in total. The van der Waals surface area contributed by atoms with E-state index in [2.05, 4.69) is 55.0 Å². The molecule has 0 radical (unpaired) electrons. The molecule has 2 fully saturated rings. The lowest BCUT2D eigenvalue weighted by molar-refractivity contribution is -0.119. The van der Waals surface area contributed by atoms with Crippen molar-refractivity contribution in [2.45, 2.75) is 105 Å². The van der Waals surface area contributed by atoms with Crippen molar-refractivity contribution < 1.29 is 4.79 Å². The molecule has 0 unspecified atom stereocenters. The van der Waals surface area contributed by atoms with Crippen LogP contribution < -0.4 is 10.6 Å². The van der Waals surface area contributed by atoms with E-state index in [4.69, 9.17) is 19.9 Å². The van der Waals surface area contributed by atoms with Gasteiger partial charge in [0, 0.05) is 25.7 Å². The smallest absolute Gasteiger partial charge is 0.217 e. The van der Waals surface area contributed by atoms with Crippen LogP contribution in [0, 0.1) is 17.8 Å². The highest BCUT2D eigenvalue weighted by Crippen LogP contribution is 2.36. The number of anilines is 1. The predicted molar refractivity (Wildman–Crippen MR) is 152 cm³/mol. The molecular formula is C30H43N7O. The van der Waals surface area contributed by atoms with Crippen LogP contribution in [0.5, 0.6) is 0 Å². The molecule has 0 bridgehead atoms. The van der Waals surface area contributed by atoms with E-state index in [9.17, 15) is 4.79 Å². The van der Waals surface area contributed by atoms with Gasteiger partial charge < -0.3 is 15.2 Å². The molecule has 2 aliphatic rings. The van der Waals surface area contributed by atoms with Crippen molar-refractivity contribution in [2.24, 2.45) is 17.8 Å². The minimum absolute atomic E-state index is 0.0986. The number of carbonyl (C=O) groups is 1. The number of nitrogens with one attached hydrogen (secondary N) is 2. The number of rotatable bonds is 9. The Balaban J connectivity index is 1.63. The molecule has 5 rings (SSSR count). The lowest BCUT2D eigenvalue weighted by atomic mass is 9.80. The maximum absolute atomic E-state index is 11.6. The van der Waals surface area contributed by atoms with Gasteiger partial charge in [-0.1, -0.05) is 40.0 Å². The Hall–Kier alpha value is -3.03. The van der Waals surface area contributed by atoms with Crippen LogP contribution in [0.4, 0.5) is 5.82 Å². The van der Waals surface area contributed by atoms with Crippen LogP contribution in [-0.4, -0.2) is 36.5 Å². The van der Waals surface area contributed by atoms with Crippen molar-refractivity contribution in [3.63, 3.8) is 0 Å². The zero-order valence-corrected chi connectivity index (χ0v) is 23.6. The predicted octanol–water partition coefficient (Wildman–Crippen LogP) is 6.07. The second-order valence-electron chi connectivity index (χ2n) is 12.0. The topological polar surface area (TPSA) is 97.6 Å². The highest BCUT2D eigenvalue weighted by Gasteiger charge is 2.28. The van der Waals surface area contributed by atoms with E-state index in [1.165, 1.54) is 57.4 Å². The maximum Gasteiger partial charge on any atom is 0.217 e. The molecule has 0 aromatic carbocycles. The molecule has 3 aromatic rings. The summed E-state index contributed by atoms with van der Waals surface area (Å²) < 4.78 is 2.33. The Morgan fingerprint density at radius 1 is 1.08 bits per heavy atom. The van der Waals surface area contributed by atoms with Gasteiger partial charge in [-0.15, -0.1) is 0 Å². The first-order valence-electron chi connectivity index (χ1n) is 14.5. The Kier molecular flexibility index (Phi) is 7.96. The van der Waals surface area contributed by atoms with Crippen LogP contribution in [0.25, 0.3) is 22.7 Å². The van der Waals surface area contributed by atoms with E-state index in [-0.39, 0.29) is 12.5 Å². The minimum Gasteiger partial charge on any atom is -0.365 e. The van der Waals surface area contributed by atoms with Crippen LogP contribution >= 0.6 is 0 Å². The Morgan fingerprint density at radius 2 is 1.84 bits per heavy atom. The first-order chi connectivity index (χ1) is 18.3. The molecule has 38 heavy (non-hydrogen) atoms. The summed E-state index contributed by atoms with van der Waals surface area (Å²) in [6.45, 7) is 11.7. The summed E-state index contributed by atoms with van der Waals surface area (Å²) in [6.07, 6.45) is 10.7. The third-order valence-corrected chi connectivity index (χ3v) is 8.62. The van der Waals surface area contributed by atoms with Gasteiger partial charge in [0.25, 0.3) is 0 Å². The molecule has 2 N–H and O–H groups in total. The molecular weight excluding hydrogens is 474 g/mol. The fourth-order valence-electron chi connectivity index (χ4n) is 5.81. The number of amides is 1. The summed E-state index contributed by atoms with van der Waals surface area (Å²) in [5, 5.41) is 6.61. The zero-order chi connectivity index (χ0) is 26.8. The van der Waals surface area contributed by atoms with Gasteiger partial charge in [-0.3, -0.25) is 9.78 Å². The van der Waals surface area contributed by atoms with Crippen molar-refractivity contribution in [2.75, 3.05) is 5.32 Å². The van der Waals surface area contributed by atoms with E-state index in [1.54, 1.807) is 0 Å². The fraction of sp³-hybridized carbons (Fsp3) is 0.633. The normalized spacial score (nSPS) is 20.9. The Morgan fingerprint density at radius 3 is 2.50 bits per heavy atom. The number of fused-ring (bicyclic) bond motifs is 1. The van der Waals surface area contributed by atoms with Gasteiger partial charge in [-0.05, 0) is 74.0 Å². The molecule has 0 aliphatic heterocycles. The van der Waals surface area contributed by atoms with E-state index >= 15 is 0 Å². The summed E-state index contributed by atoms with van der Waals surface area (Å²) >= 11 is 0. The van der Waals surface area contributed by atoms with Crippen molar-refractivity contribution >= 4 is 22.9 Å². The number of hydrogen-bond donors (Lipinski definition) is 2. The molecule has 0 saturated heterocycles. The summed E-state index contributed by atoms with van der Waals surface area (Å²) in [4.78, 5) is 31.3. The summed E-state index contributed by atoms with van der Waals surface area (Å²) in [7, 11) is 0. The average molecular weight is 518 g/mol. The largest absolute Gasteiger partial charge is 0.365 e. The van der Waals surface area contributed by atoms with E-state index in [1.807, 2.05) is 6.20 Å². The fourth-order valence-corrected chi connectivity index (χ4v) is 5.81.